The van der Waals surface area contributed by atoms with Gasteiger partial charge in [-0.15, -0.1) is 0 Å². The van der Waals surface area contributed by atoms with Crippen LogP contribution in [0.25, 0.3) is 0 Å². The second-order valence-electron chi connectivity index (χ2n) is 6.04. The Morgan fingerprint density at radius 2 is 1.71 bits per heavy atom. The molecule has 1 heterocycles. The van der Waals surface area contributed by atoms with Crippen LogP contribution in [0.5, 0.6) is 11.5 Å². The summed E-state index contributed by atoms with van der Waals surface area (Å²) in [6.07, 6.45) is -12.5. The van der Waals surface area contributed by atoms with Gasteiger partial charge in [-0.05, 0) is 24.3 Å². The van der Waals surface area contributed by atoms with E-state index in [0.29, 0.717) is 0 Å². The summed E-state index contributed by atoms with van der Waals surface area (Å²) in [5.41, 5.74) is 0. The molecule has 1 atom stereocenters. The molecule has 1 aromatic heterocycles. The van der Waals surface area contributed by atoms with E-state index in [4.69, 9.17) is 9.84 Å². The van der Waals surface area contributed by atoms with Crippen LogP contribution in [0, 0.1) is 11.6 Å². The number of rotatable bonds is 6. The lowest BCUT2D eigenvalue weighted by Gasteiger charge is -2.27. The SMILES string of the molecule is O=C(Nc1ccc(Oc2ccc(F)c(F)c2)cn1)N(CC(O)C(F)(F)F)CC(F)(F)F. The van der Waals surface area contributed by atoms with Gasteiger partial charge in [-0.3, -0.25) is 5.32 Å². The Balaban J connectivity index is 2.07. The van der Waals surface area contributed by atoms with Gasteiger partial charge in [-0.1, -0.05) is 0 Å². The molecule has 6 nitrogen and oxygen atoms in total. The maximum Gasteiger partial charge on any atom is 0.416 e. The Bertz CT molecular complexity index is 903. The zero-order valence-electron chi connectivity index (χ0n) is 15.1. The molecule has 0 radical (unpaired) electrons. The molecule has 14 heteroatoms. The third-order valence-corrected chi connectivity index (χ3v) is 3.53. The summed E-state index contributed by atoms with van der Waals surface area (Å²) in [4.78, 5) is 15.4. The predicted molar refractivity (Wildman–Crippen MR) is 89.4 cm³/mol. The normalized spacial score (nSPS) is 12.9. The zero-order valence-corrected chi connectivity index (χ0v) is 15.1. The highest BCUT2D eigenvalue weighted by Crippen LogP contribution is 2.25. The van der Waals surface area contributed by atoms with Gasteiger partial charge in [0.1, 0.15) is 23.9 Å². The first-order chi connectivity index (χ1) is 14.2. The van der Waals surface area contributed by atoms with E-state index >= 15 is 0 Å². The van der Waals surface area contributed by atoms with Crippen LogP contribution in [0.2, 0.25) is 0 Å². The number of urea groups is 1. The molecule has 0 aliphatic carbocycles. The van der Waals surface area contributed by atoms with Crippen molar-refractivity contribution in [1.29, 1.82) is 0 Å². The van der Waals surface area contributed by atoms with Crippen molar-refractivity contribution >= 4 is 11.8 Å². The molecule has 2 aromatic rings. The van der Waals surface area contributed by atoms with Crippen molar-refractivity contribution in [2.45, 2.75) is 18.5 Å². The number of nitrogens with zero attached hydrogens (tertiary/aromatic N) is 2. The summed E-state index contributed by atoms with van der Waals surface area (Å²) in [6.45, 7) is -3.71. The minimum absolute atomic E-state index is 0.0244. The molecule has 2 N–H and O–H groups in total. The van der Waals surface area contributed by atoms with Gasteiger partial charge in [0.05, 0.1) is 12.7 Å². The minimum Gasteiger partial charge on any atom is -0.456 e. The van der Waals surface area contributed by atoms with Crippen LogP contribution in [0.15, 0.2) is 36.5 Å². The highest BCUT2D eigenvalue weighted by Gasteiger charge is 2.42. The van der Waals surface area contributed by atoms with Gasteiger partial charge in [-0.2, -0.15) is 26.3 Å². The lowest BCUT2D eigenvalue weighted by molar-refractivity contribution is -0.210. The van der Waals surface area contributed by atoms with E-state index in [1.165, 1.54) is 0 Å². The van der Waals surface area contributed by atoms with Gasteiger partial charge in [0.2, 0.25) is 0 Å². The monoisotopic (exact) mass is 459 g/mol. The molecule has 1 unspecified atom stereocenters. The number of aromatic nitrogens is 1. The molecule has 1 aromatic carbocycles. The number of nitrogens with one attached hydrogen (secondary N) is 1. The fraction of sp³-hybridized carbons (Fsp3) is 0.294. The smallest absolute Gasteiger partial charge is 0.416 e. The van der Waals surface area contributed by atoms with Crippen LogP contribution in [-0.2, 0) is 0 Å². The summed E-state index contributed by atoms with van der Waals surface area (Å²) in [5, 5.41) is 10.8. The summed E-state index contributed by atoms with van der Waals surface area (Å²) < 4.78 is 106. The third-order valence-electron chi connectivity index (χ3n) is 3.53. The molecule has 0 bridgehead atoms. The molecule has 0 saturated carbocycles. The second kappa shape index (κ2) is 9.32. The molecule has 0 spiro atoms. The van der Waals surface area contributed by atoms with E-state index in [-0.39, 0.29) is 22.2 Å². The molecule has 2 amide bonds. The van der Waals surface area contributed by atoms with E-state index in [2.05, 4.69) is 4.98 Å². The lowest BCUT2D eigenvalue weighted by atomic mass is 10.3. The fourth-order valence-electron chi connectivity index (χ4n) is 2.13. The quantitative estimate of drug-likeness (QED) is 0.626. The van der Waals surface area contributed by atoms with Crippen LogP contribution < -0.4 is 10.1 Å². The number of pyridine rings is 1. The first-order valence-corrected chi connectivity index (χ1v) is 8.21. The van der Waals surface area contributed by atoms with Crippen LogP contribution in [0.3, 0.4) is 0 Å². The van der Waals surface area contributed by atoms with Crippen molar-refractivity contribution in [1.82, 2.24) is 9.88 Å². The van der Waals surface area contributed by atoms with Crippen LogP contribution in [0.4, 0.5) is 45.7 Å². The zero-order chi connectivity index (χ0) is 23.4. The van der Waals surface area contributed by atoms with Crippen molar-refractivity contribution in [3.63, 3.8) is 0 Å². The maximum atomic E-state index is 13.2. The molecular weight excluding hydrogens is 446 g/mol. The van der Waals surface area contributed by atoms with E-state index in [1.807, 2.05) is 5.32 Å². The average molecular weight is 459 g/mol. The number of hydrogen-bond donors (Lipinski definition) is 2. The number of anilines is 1. The minimum atomic E-state index is -5.23. The molecule has 0 saturated heterocycles. The van der Waals surface area contributed by atoms with Crippen molar-refractivity contribution in [3.05, 3.63) is 48.2 Å². The highest BCUT2D eigenvalue weighted by molar-refractivity contribution is 5.88. The van der Waals surface area contributed by atoms with Crippen molar-refractivity contribution in [2.24, 2.45) is 0 Å². The van der Waals surface area contributed by atoms with Crippen LogP contribution in [-0.4, -0.2) is 52.6 Å². The molecule has 31 heavy (non-hydrogen) atoms. The maximum absolute atomic E-state index is 13.2. The molecule has 0 fully saturated rings. The van der Waals surface area contributed by atoms with E-state index < -0.39 is 49.2 Å². The molecule has 0 aliphatic rings. The topological polar surface area (TPSA) is 74.7 Å². The van der Waals surface area contributed by atoms with E-state index in [0.717, 1.165) is 36.5 Å². The van der Waals surface area contributed by atoms with Gasteiger partial charge in [0.15, 0.2) is 17.7 Å². The Kier molecular flexibility index (Phi) is 7.25. The lowest BCUT2D eigenvalue weighted by Crippen LogP contribution is -2.48. The van der Waals surface area contributed by atoms with Crippen molar-refractivity contribution in [2.75, 3.05) is 18.4 Å². The molecule has 0 aliphatic heterocycles. The largest absolute Gasteiger partial charge is 0.456 e. The Morgan fingerprint density at radius 3 is 2.23 bits per heavy atom. The second-order valence-corrected chi connectivity index (χ2v) is 6.04. The number of ether oxygens (including phenoxy) is 1. The number of carbonyl (C=O) groups is 1. The Morgan fingerprint density at radius 1 is 1.06 bits per heavy atom. The summed E-state index contributed by atoms with van der Waals surface area (Å²) in [6, 6.07) is 3.25. The molecular formula is C17H13F8N3O3. The number of benzene rings is 1. The number of aliphatic hydroxyl groups excluding tert-OH is 1. The first-order valence-electron chi connectivity index (χ1n) is 8.21. The molecule has 170 valence electrons. The first kappa shape index (κ1) is 24.1. The summed E-state index contributed by atoms with van der Waals surface area (Å²) >= 11 is 0. The fourth-order valence-corrected chi connectivity index (χ4v) is 2.13. The number of carbonyl (C=O) groups excluding carboxylic acids is 1. The highest BCUT2D eigenvalue weighted by atomic mass is 19.4. The van der Waals surface area contributed by atoms with Gasteiger partial charge in [-0.25, -0.2) is 18.6 Å². The average Bonchev–Trinajstić information content (AvgIpc) is 2.64. The van der Waals surface area contributed by atoms with Crippen LogP contribution >= 0.6 is 0 Å². The molecule has 2 rings (SSSR count). The third kappa shape index (κ3) is 7.55. The van der Waals surface area contributed by atoms with Gasteiger partial charge in [0, 0.05) is 6.07 Å². The number of alkyl halides is 6. The summed E-state index contributed by atoms with van der Waals surface area (Å²) in [7, 11) is 0. The number of halogens is 8. The standard InChI is InChI=1S/C17H13F8N3O3/c18-11-3-1-9(5-12(11)19)31-10-2-4-14(26-6-10)27-15(30)28(8-16(20,21)22)7-13(29)17(23,24)25/h1-6,13,29H,7-8H2,(H,26,27,30). The van der Waals surface area contributed by atoms with Gasteiger partial charge < -0.3 is 14.7 Å². The number of hydrogen-bond acceptors (Lipinski definition) is 4. The van der Waals surface area contributed by atoms with Crippen molar-refractivity contribution < 1.29 is 49.8 Å². The summed E-state index contributed by atoms with van der Waals surface area (Å²) in [5.74, 6) is -2.77. The number of aliphatic hydroxyl groups is 1. The Labute approximate surface area is 169 Å². The van der Waals surface area contributed by atoms with E-state index in [9.17, 15) is 39.9 Å². The van der Waals surface area contributed by atoms with Gasteiger partial charge in [0.25, 0.3) is 0 Å². The van der Waals surface area contributed by atoms with Crippen molar-refractivity contribution in [3.8, 4) is 11.5 Å². The predicted octanol–water partition coefficient (Wildman–Crippen LogP) is 4.47. The van der Waals surface area contributed by atoms with Gasteiger partial charge >= 0.3 is 18.4 Å². The van der Waals surface area contributed by atoms with E-state index in [1.54, 1.807) is 0 Å². The number of amides is 2. The Hall–Kier alpha value is -3.16. The van der Waals surface area contributed by atoms with Crippen LogP contribution in [0.1, 0.15) is 0 Å².